The molecule has 0 amide bonds. The Bertz CT molecular complexity index is 1150. The van der Waals surface area contributed by atoms with Crippen LogP contribution in [0.4, 0.5) is 5.69 Å². The minimum absolute atomic E-state index is 0.00322. The van der Waals surface area contributed by atoms with E-state index in [-0.39, 0.29) is 13.0 Å². The van der Waals surface area contributed by atoms with Gasteiger partial charge in [0.25, 0.3) is 0 Å². The highest BCUT2D eigenvalue weighted by atomic mass is 16.5. The molecule has 0 saturated carbocycles. The summed E-state index contributed by atoms with van der Waals surface area (Å²) in [7, 11) is 1.56. The Morgan fingerprint density at radius 3 is 2.78 bits per heavy atom. The Balaban J connectivity index is 2.28. The van der Waals surface area contributed by atoms with Crippen molar-refractivity contribution in [2.24, 2.45) is 0 Å². The quantitative estimate of drug-likeness (QED) is 0.401. The minimum atomic E-state index is -0.573. The van der Waals surface area contributed by atoms with E-state index in [1.807, 2.05) is 32.9 Å². The van der Waals surface area contributed by atoms with E-state index in [4.69, 9.17) is 25.9 Å². The van der Waals surface area contributed by atoms with Gasteiger partial charge in [-0.2, -0.15) is 5.26 Å². The molecule has 3 rings (SSSR count). The van der Waals surface area contributed by atoms with Gasteiger partial charge in [-0.1, -0.05) is 12.0 Å². The van der Waals surface area contributed by atoms with E-state index >= 15 is 0 Å². The first-order valence-corrected chi connectivity index (χ1v) is 10.2. The number of nitrogens with zero attached hydrogens (tertiary/aromatic N) is 2. The average molecular weight is 431 g/mol. The predicted molar refractivity (Wildman–Crippen MR) is 120 cm³/mol. The largest absolute Gasteiger partial charge is 0.496 e. The second-order valence-electron chi connectivity index (χ2n) is 7.21. The molecule has 0 spiro atoms. The number of fused-ring (bicyclic) bond motifs is 1. The molecular weight excluding hydrogens is 406 g/mol. The lowest BCUT2D eigenvalue weighted by molar-refractivity contribution is -0.139. The number of aromatic nitrogens is 1. The van der Waals surface area contributed by atoms with Crippen LogP contribution in [0.1, 0.15) is 48.4 Å². The molecule has 0 fully saturated rings. The topological polar surface area (TPSA) is 93.5 Å². The molecule has 1 N–H and O–H groups in total. The summed E-state index contributed by atoms with van der Waals surface area (Å²) in [6, 6.07) is 7.39. The van der Waals surface area contributed by atoms with Crippen LogP contribution in [-0.2, 0) is 9.53 Å². The molecule has 0 saturated heterocycles. The first kappa shape index (κ1) is 22.7. The number of hydrogen-bond donors (Lipinski definition) is 1. The molecule has 7 heteroatoms. The summed E-state index contributed by atoms with van der Waals surface area (Å²) >= 11 is 0. The number of aryl methyl sites for hydroxylation is 1. The van der Waals surface area contributed by atoms with Crippen molar-refractivity contribution in [3.8, 4) is 30.0 Å². The van der Waals surface area contributed by atoms with Crippen molar-refractivity contribution in [1.82, 2.24) is 4.98 Å². The van der Waals surface area contributed by atoms with Gasteiger partial charge in [0.05, 0.1) is 48.9 Å². The van der Waals surface area contributed by atoms with Crippen molar-refractivity contribution in [2.45, 2.75) is 33.1 Å². The van der Waals surface area contributed by atoms with Crippen LogP contribution in [0.2, 0.25) is 0 Å². The van der Waals surface area contributed by atoms with Crippen LogP contribution in [0.15, 0.2) is 35.7 Å². The number of ether oxygens (including phenoxy) is 3. The lowest BCUT2D eigenvalue weighted by Gasteiger charge is -2.32. The first-order valence-electron chi connectivity index (χ1n) is 10.2. The summed E-state index contributed by atoms with van der Waals surface area (Å²) in [5.74, 6) is 2.47. The summed E-state index contributed by atoms with van der Waals surface area (Å²) in [4.78, 5) is 17.7. The van der Waals surface area contributed by atoms with E-state index in [9.17, 15) is 4.79 Å². The number of anilines is 1. The zero-order valence-electron chi connectivity index (χ0n) is 18.6. The van der Waals surface area contributed by atoms with E-state index in [1.54, 1.807) is 25.4 Å². The molecule has 164 valence electrons. The van der Waals surface area contributed by atoms with Gasteiger partial charge in [-0.15, -0.1) is 6.42 Å². The number of nitriles is 1. The molecule has 1 unspecified atom stereocenters. The van der Waals surface area contributed by atoms with Gasteiger partial charge in [0.2, 0.25) is 5.88 Å². The summed E-state index contributed by atoms with van der Waals surface area (Å²) in [6.07, 6.45) is 7.41. The smallest absolute Gasteiger partial charge is 0.336 e. The van der Waals surface area contributed by atoms with Crippen molar-refractivity contribution in [3.63, 3.8) is 0 Å². The van der Waals surface area contributed by atoms with Crippen LogP contribution in [0.3, 0.4) is 0 Å². The number of allylic oxidation sites excluding steroid dienone is 1. The first-order chi connectivity index (χ1) is 15.5. The number of hydrogen-bond acceptors (Lipinski definition) is 7. The number of pyridine rings is 1. The third-order valence-electron chi connectivity index (χ3n) is 5.22. The van der Waals surface area contributed by atoms with Crippen LogP contribution in [0.5, 0.6) is 11.6 Å². The highest BCUT2D eigenvalue weighted by molar-refractivity contribution is 5.95. The van der Waals surface area contributed by atoms with Gasteiger partial charge in [-0.3, -0.25) is 0 Å². The van der Waals surface area contributed by atoms with Crippen molar-refractivity contribution >= 4 is 11.7 Å². The maximum atomic E-state index is 13.2. The van der Waals surface area contributed by atoms with Gasteiger partial charge in [-0.25, -0.2) is 9.78 Å². The normalized spacial score (nSPS) is 14.5. The minimum Gasteiger partial charge on any atom is -0.496 e. The molecule has 0 radical (unpaired) electrons. The molecule has 2 heterocycles. The van der Waals surface area contributed by atoms with Gasteiger partial charge >= 0.3 is 5.97 Å². The second kappa shape index (κ2) is 9.89. The number of carbonyl (C=O) groups excluding carboxylic acids is 1. The number of nitrogens with one attached hydrogen (secondary N) is 1. The van der Waals surface area contributed by atoms with Crippen LogP contribution in [0, 0.1) is 30.6 Å². The number of terminal acetylenes is 1. The van der Waals surface area contributed by atoms with Crippen LogP contribution < -0.4 is 14.8 Å². The van der Waals surface area contributed by atoms with Crippen molar-refractivity contribution < 1.29 is 19.0 Å². The molecule has 1 aliphatic rings. The van der Waals surface area contributed by atoms with Crippen molar-refractivity contribution in [1.29, 1.82) is 5.26 Å². The Kier molecular flexibility index (Phi) is 7.02. The lowest BCUT2D eigenvalue weighted by Crippen LogP contribution is -2.26. The van der Waals surface area contributed by atoms with E-state index in [1.165, 1.54) is 0 Å². The molecule has 1 aromatic carbocycles. The molecule has 0 aliphatic carbocycles. The third-order valence-corrected chi connectivity index (χ3v) is 5.22. The maximum absolute atomic E-state index is 13.2. The number of esters is 1. The number of carbonyl (C=O) groups is 1. The summed E-state index contributed by atoms with van der Waals surface area (Å²) < 4.78 is 16.9. The number of benzene rings is 1. The molecule has 2 aromatic rings. The molecule has 1 aliphatic heterocycles. The van der Waals surface area contributed by atoms with Gasteiger partial charge in [-0.05, 0) is 38.5 Å². The van der Waals surface area contributed by atoms with Gasteiger partial charge < -0.3 is 19.5 Å². The fourth-order valence-corrected chi connectivity index (χ4v) is 3.80. The Morgan fingerprint density at radius 2 is 2.12 bits per heavy atom. The van der Waals surface area contributed by atoms with Crippen LogP contribution >= 0.6 is 0 Å². The van der Waals surface area contributed by atoms with E-state index in [2.05, 4.69) is 16.2 Å². The Hall–Kier alpha value is -3.97. The predicted octanol–water partition coefficient (Wildman–Crippen LogP) is 4.07. The molecule has 1 aromatic heterocycles. The molecule has 7 nitrogen and oxygen atoms in total. The van der Waals surface area contributed by atoms with Crippen molar-refractivity contribution in [3.05, 3.63) is 57.9 Å². The van der Waals surface area contributed by atoms with E-state index in [0.29, 0.717) is 35.1 Å². The second-order valence-corrected chi connectivity index (χ2v) is 7.21. The molecule has 32 heavy (non-hydrogen) atoms. The maximum Gasteiger partial charge on any atom is 0.336 e. The molecular formula is C25H25N3O4. The van der Waals surface area contributed by atoms with E-state index in [0.717, 1.165) is 22.4 Å². The molecule has 1 atom stereocenters. The number of methoxy groups -OCH3 is 1. The standard InChI is InChI=1S/C25H25N3O4/c1-6-17-9-10-18(19(13-17)30-5)21-20(25(29)32-12-8-11-26)16(4)28-23-15(3)14-27-24(22(21)23)31-7-2/h1,9-10,13-14,21,28H,7-8,12H2,2-5H3. The Morgan fingerprint density at radius 1 is 1.34 bits per heavy atom. The van der Waals surface area contributed by atoms with Gasteiger partial charge in [0.1, 0.15) is 12.4 Å². The SMILES string of the molecule is C#Cc1ccc(C2C(C(=O)OCCC#N)=C(C)Nc3c(C)cnc(OCC)c32)c(OC)c1. The monoisotopic (exact) mass is 431 g/mol. The lowest BCUT2D eigenvalue weighted by atomic mass is 9.79. The Labute approximate surface area is 188 Å². The zero-order valence-corrected chi connectivity index (χ0v) is 18.6. The molecule has 0 bridgehead atoms. The summed E-state index contributed by atoms with van der Waals surface area (Å²) in [5, 5.41) is 12.2. The third kappa shape index (κ3) is 4.24. The van der Waals surface area contributed by atoms with Crippen LogP contribution in [0.25, 0.3) is 0 Å². The fraction of sp³-hybridized carbons (Fsp3) is 0.320. The van der Waals surface area contributed by atoms with Crippen molar-refractivity contribution in [2.75, 3.05) is 25.6 Å². The summed E-state index contributed by atoms with van der Waals surface area (Å²) in [6.45, 7) is 6.04. The van der Waals surface area contributed by atoms with Crippen LogP contribution in [-0.4, -0.2) is 31.3 Å². The fourth-order valence-electron chi connectivity index (χ4n) is 3.80. The highest BCUT2D eigenvalue weighted by Gasteiger charge is 2.38. The average Bonchev–Trinajstić information content (AvgIpc) is 2.80. The van der Waals surface area contributed by atoms with Gasteiger partial charge in [0.15, 0.2) is 0 Å². The number of rotatable bonds is 7. The van der Waals surface area contributed by atoms with E-state index < -0.39 is 11.9 Å². The van der Waals surface area contributed by atoms with Gasteiger partial charge in [0, 0.05) is 23.0 Å². The highest BCUT2D eigenvalue weighted by Crippen LogP contribution is 2.49. The summed E-state index contributed by atoms with van der Waals surface area (Å²) in [5.41, 5.74) is 4.88. The zero-order chi connectivity index (χ0) is 23.3.